The third-order valence-corrected chi connectivity index (χ3v) is 2.03. The molecule has 0 unspecified atom stereocenters. The van der Waals surface area contributed by atoms with E-state index in [1.807, 2.05) is 13.8 Å². The zero-order valence-electron chi connectivity index (χ0n) is 9.31. The summed E-state index contributed by atoms with van der Waals surface area (Å²) in [7, 11) is 1.76. The molecule has 0 bridgehead atoms. The largest absolute Gasteiger partial charge is 0.385 e. The smallest absolute Gasteiger partial charge is 0.0474 e. The molecule has 1 heterocycles. The van der Waals surface area contributed by atoms with Crippen LogP contribution in [0, 0.1) is 0 Å². The number of methoxy groups -OCH3 is 1. The Morgan fingerprint density at radius 3 is 2.38 bits per heavy atom. The van der Waals surface area contributed by atoms with Gasteiger partial charge in [0.05, 0.1) is 0 Å². The number of hydrogen-bond acceptors (Lipinski definition) is 3. The number of nitrogens with zero attached hydrogens (tertiary/aromatic N) is 1. The Morgan fingerprint density at radius 2 is 1.85 bits per heavy atom. The van der Waals surface area contributed by atoms with Crippen LogP contribution in [-0.4, -0.2) is 51.3 Å². The topological polar surface area (TPSA) is 24.5 Å². The first-order valence-electron chi connectivity index (χ1n) is 5.35. The molecular weight excluding hydrogens is 164 g/mol. The molecule has 0 aromatic carbocycles. The fraction of sp³-hybridized carbons (Fsp3) is 1.00. The number of piperazine rings is 1. The van der Waals surface area contributed by atoms with E-state index >= 15 is 0 Å². The Kier molecular flexibility index (Phi) is 9.87. The Bertz CT molecular complexity index is 92.9. The molecule has 0 aliphatic carbocycles. The van der Waals surface area contributed by atoms with Crippen LogP contribution in [0.2, 0.25) is 0 Å². The van der Waals surface area contributed by atoms with Crippen LogP contribution in [0.5, 0.6) is 0 Å². The molecule has 0 amide bonds. The van der Waals surface area contributed by atoms with Crippen molar-refractivity contribution in [2.45, 2.75) is 20.3 Å². The van der Waals surface area contributed by atoms with Crippen molar-refractivity contribution in [1.82, 2.24) is 10.2 Å². The summed E-state index contributed by atoms with van der Waals surface area (Å²) < 4.78 is 4.99. The highest BCUT2D eigenvalue weighted by molar-refractivity contribution is 4.66. The van der Waals surface area contributed by atoms with Crippen molar-refractivity contribution in [3.8, 4) is 0 Å². The molecular formula is C10H24N2O. The minimum atomic E-state index is 0.893. The fourth-order valence-corrected chi connectivity index (χ4v) is 1.37. The SMILES string of the molecule is CC.COCCCN1CCNCC1. The van der Waals surface area contributed by atoms with E-state index in [2.05, 4.69) is 10.2 Å². The van der Waals surface area contributed by atoms with E-state index in [0.29, 0.717) is 0 Å². The van der Waals surface area contributed by atoms with Crippen LogP contribution in [0.15, 0.2) is 0 Å². The van der Waals surface area contributed by atoms with Gasteiger partial charge in [0.1, 0.15) is 0 Å². The summed E-state index contributed by atoms with van der Waals surface area (Å²) in [6.07, 6.45) is 1.16. The zero-order chi connectivity index (χ0) is 9.94. The summed E-state index contributed by atoms with van der Waals surface area (Å²) in [5.41, 5.74) is 0. The highest BCUT2D eigenvalue weighted by atomic mass is 16.5. The van der Waals surface area contributed by atoms with Gasteiger partial charge in [0.15, 0.2) is 0 Å². The number of nitrogens with one attached hydrogen (secondary N) is 1. The number of hydrogen-bond donors (Lipinski definition) is 1. The van der Waals surface area contributed by atoms with Crippen LogP contribution in [-0.2, 0) is 4.74 Å². The van der Waals surface area contributed by atoms with Crippen LogP contribution in [0.1, 0.15) is 20.3 Å². The van der Waals surface area contributed by atoms with Gasteiger partial charge in [-0.05, 0) is 6.42 Å². The van der Waals surface area contributed by atoms with Crippen molar-refractivity contribution >= 4 is 0 Å². The minimum absolute atomic E-state index is 0.893. The second-order valence-corrected chi connectivity index (χ2v) is 2.94. The molecule has 0 aromatic rings. The van der Waals surface area contributed by atoms with Crippen molar-refractivity contribution in [2.24, 2.45) is 0 Å². The van der Waals surface area contributed by atoms with Gasteiger partial charge in [-0.2, -0.15) is 0 Å². The van der Waals surface area contributed by atoms with E-state index in [1.165, 1.54) is 19.6 Å². The molecule has 1 fully saturated rings. The summed E-state index contributed by atoms with van der Waals surface area (Å²) in [6.45, 7) is 10.8. The average molecular weight is 188 g/mol. The zero-order valence-corrected chi connectivity index (χ0v) is 9.31. The summed E-state index contributed by atoms with van der Waals surface area (Å²) in [5.74, 6) is 0. The molecule has 0 atom stereocenters. The van der Waals surface area contributed by atoms with Crippen LogP contribution >= 0.6 is 0 Å². The van der Waals surface area contributed by atoms with Crippen LogP contribution in [0.25, 0.3) is 0 Å². The average Bonchev–Trinajstić information content (AvgIpc) is 2.23. The monoisotopic (exact) mass is 188 g/mol. The van der Waals surface area contributed by atoms with E-state index in [4.69, 9.17) is 4.74 Å². The first kappa shape index (κ1) is 12.9. The fourth-order valence-electron chi connectivity index (χ4n) is 1.37. The lowest BCUT2D eigenvalue weighted by atomic mass is 10.3. The van der Waals surface area contributed by atoms with E-state index in [0.717, 1.165) is 26.1 Å². The molecule has 1 saturated heterocycles. The third kappa shape index (κ3) is 6.99. The van der Waals surface area contributed by atoms with Crippen molar-refractivity contribution < 1.29 is 4.74 Å². The second kappa shape index (κ2) is 9.96. The summed E-state index contributed by atoms with van der Waals surface area (Å²) >= 11 is 0. The van der Waals surface area contributed by atoms with Gasteiger partial charge in [-0.1, -0.05) is 13.8 Å². The Morgan fingerprint density at radius 1 is 1.23 bits per heavy atom. The quantitative estimate of drug-likeness (QED) is 0.665. The Hall–Kier alpha value is -0.120. The van der Waals surface area contributed by atoms with Crippen LogP contribution in [0.4, 0.5) is 0 Å². The van der Waals surface area contributed by atoms with Gasteiger partial charge >= 0.3 is 0 Å². The molecule has 0 aromatic heterocycles. The van der Waals surface area contributed by atoms with E-state index in [-0.39, 0.29) is 0 Å². The molecule has 3 nitrogen and oxygen atoms in total. The highest BCUT2D eigenvalue weighted by Gasteiger charge is 2.07. The Labute approximate surface area is 82.4 Å². The predicted molar refractivity (Wildman–Crippen MR) is 57.2 cm³/mol. The van der Waals surface area contributed by atoms with E-state index < -0.39 is 0 Å². The molecule has 1 aliphatic rings. The van der Waals surface area contributed by atoms with Gasteiger partial charge in [-0.15, -0.1) is 0 Å². The van der Waals surface area contributed by atoms with Crippen molar-refractivity contribution in [3.63, 3.8) is 0 Å². The third-order valence-electron chi connectivity index (χ3n) is 2.03. The number of rotatable bonds is 4. The van der Waals surface area contributed by atoms with Gasteiger partial charge in [-0.3, -0.25) is 0 Å². The standard InChI is InChI=1S/C8H18N2O.C2H6/c1-11-8-2-5-10-6-3-9-4-7-10;1-2/h9H,2-8H2,1H3;1-2H3. The molecule has 3 heteroatoms. The molecule has 1 rings (SSSR count). The molecule has 0 spiro atoms. The van der Waals surface area contributed by atoms with Gasteiger partial charge in [0, 0.05) is 46.4 Å². The summed E-state index contributed by atoms with van der Waals surface area (Å²) in [5, 5.41) is 3.33. The lowest BCUT2D eigenvalue weighted by molar-refractivity contribution is 0.165. The summed E-state index contributed by atoms with van der Waals surface area (Å²) in [6, 6.07) is 0. The maximum absolute atomic E-state index is 4.99. The molecule has 13 heavy (non-hydrogen) atoms. The minimum Gasteiger partial charge on any atom is -0.385 e. The maximum atomic E-state index is 4.99. The van der Waals surface area contributed by atoms with Crippen molar-refractivity contribution in [3.05, 3.63) is 0 Å². The maximum Gasteiger partial charge on any atom is 0.0474 e. The van der Waals surface area contributed by atoms with E-state index in [9.17, 15) is 0 Å². The van der Waals surface area contributed by atoms with Gasteiger partial charge in [0.2, 0.25) is 0 Å². The summed E-state index contributed by atoms with van der Waals surface area (Å²) in [4.78, 5) is 2.48. The van der Waals surface area contributed by atoms with Crippen molar-refractivity contribution in [1.29, 1.82) is 0 Å². The van der Waals surface area contributed by atoms with Crippen LogP contribution in [0.3, 0.4) is 0 Å². The molecule has 1 aliphatic heterocycles. The van der Waals surface area contributed by atoms with Gasteiger partial charge in [-0.25, -0.2) is 0 Å². The highest BCUT2D eigenvalue weighted by Crippen LogP contribution is 1.93. The lowest BCUT2D eigenvalue weighted by Crippen LogP contribution is -2.43. The van der Waals surface area contributed by atoms with E-state index in [1.54, 1.807) is 7.11 Å². The molecule has 1 N–H and O–H groups in total. The lowest BCUT2D eigenvalue weighted by Gasteiger charge is -2.26. The number of ether oxygens (including phenoxy) is 1. The normalized spacial score (nSPS) is 17.8. The van der Waals surface area contributed by atoms with Gasteiger partial charge < -0.3 is 15.0 Å². The molecule has 0 radical (unpaired) electrons. The second-order valence-electron chi connectivity index (χ2n) is 2.94. The van der Waals surface area contributed by atoms with Crippen LogP contribution < -0.4 is 5.32 Å². The molecule has 0 saturated carbocycles. The molecule has 80 valence electrons. The predicted octanol–water partition coefficient (Wildman–Crippen LogP) is 0.954. The first-order chi connectivity index (χ1) is 6.43. The first-order valence-corrected chi connectivity index (χ1v) is 5.35. The van der Waals surface area contributed by atoms with Gasteiger partial charge in [0.25, 0.3) is 0 Å². The van der Waals surface area contributed by atoms with Crippen molar-refractivity contribution in [2.75, 3.05) is 46.4 Å². The Balaban J connectivity index is 0.000000671.